The lowest BCUT2D eigenvalue weighted by molar-refractivity contribution is -0.146. The van der Waals surface area contributed by atoms with Gasteiger partial charge in [-0.1, -0.05) is 0 Å². The summed E-state index contributed by atoms with van der Waals surface area (Å²) in [5.41, 5.74) is 5.18. The van der Waals surface area contributed by atoms with Gasteiger partial charge >= 0.3 is 18.0 Å². The number of nitrogens with one attached hydrogen (secondary N) is 1. The number of fused-ring (bicyclic) bond motifs is 1. The monoisotopic (exact) mass is 286 g/mol. The molecule has 106 valence electrons. The molecule has 0 fully saturated rings. The van der Waals surface area contributed by atoms with Crippen molar-refractivity contribution in [3.8, 4) is 0 Å². The number of amides is 2. The summed E-state index contributed by atoms with van der Waals surface area (Å²) >= 11 is 0. The first-order valence-electron chi connectivity index (χ1n) is 5.34. The van der Waals surface area contributed by atoms with E-state index in [1.54, 1.807) is 0 Å². The number of nitrogens with zero attached hydrogens (tertiary/aromatic N) is 2. The predicted octanol–water partition coefficient (Wildman–Crippen LogP) is 1.02. The van der Waals surface area contributed by atoms with Gasteiger partial charge in [0, 0.05) is 12.7 Å². The highest BCUT2D eigenvalue weighted by Crippen LogP contribution is 2.31. The van der Waals surface area contributed by atoms with Gasteiger partial charge in [0.05, 0.1) is 11.0 Å². The van der Waals surface area contributed by atoms with Gasteiger partial charge in [-0.3, -0.25) is 9.59 Å². The van der Waals surface area contributed by atoms with Crippen LogP contribution in [0.3, 0.4) is 0 Å². The fourth-order valence-corrected chi connectivity index (χ4v) is 1.72. The molecule has 0 aliphatic heterocycles. The Hall–Kier alpha value is -2.58. The number of carbonyl (C=O) groups is 2. The first-order chi connectivity index (χ1) is 9.20. The van der Waals surface area contributed by atoms with Gasteiger partial charge in [-0.05, 0) is 18.2 Å². The average molecular weight is 286 g/mol. The number of alkyl halides is 3. The summed E-state index contributed by atoms with van der Waals surface area (Å²) in [6, 6.07) is 3.94. The van der Waals surface area contributed by atoms with Crippen LogP contribution in [-0.2, 0) is 22.8 Å². The maximum atomic E-state index is 12.7. The van der Waals surface area contributed by atoms with Crippen LogP contribution in [0.1, 0.15) is 5.82 Å². The maximum absolute atomic E-state index is 12.7. The molecule has 0 spiro atoms. The zero-order valence-electron chi connectivity index (χ0n) is 10.2. The molecule has 1 heterocycles. The molecule has 9 heteroatoms. The molecule has 3 N–H and O–H groups in total. The first-order valence-corrected chi connectivity index (χ1v) is 5.34. The highest BCUT2D eigenvalue weighted by Gasteiger charge is 2.36. The van der Waals surface area contributed by atoms with Gasteiger partial charge in [0.1, 0.15) is 0 Å². The van der Waals surface area contributed by atoms with Gasteiger partial charge < -0.3 is 15.6 Å². The number of imidazole rings is 1. The van der Waals surface area contributed by atoms with Crippen LogP contribution in [0.5, 0.6) is 0 Å². The SMILES string of the molecule is Cn1c(C(F)(F)F)nc2cc(NC(=O)C(N)=O)ccc21. The number of hydrogen-bond acceptors (Lipinski definition) is 3. The number of anilines is 1. The Labute approximate surface area is 110 Å². The fraction of sp³-hybridized carbons (Fsp3) is 0.182. The molecule has 2 aromatic rings. The van der Waals surface area contributed by atoms with Crippen LogP contribution in [0, 0.1) is 0 Å². The molecule has 6 nitrogen and oxygen atoms in total. The van der Waals surface area contributed by atoms with Crippen molar-refractivity contribution in [2.75, 3.05) is 5.32 Å². The van der Waals surface area contributed by atoms with Gasteiger partial charge in [-0.15, -0.1) is 0 Å². The highest BCUT2D eigenvalue weighted by atomic mass is 19.4. The third-order valence-corrected chi connectivity index (χ3v) is 2.62. The van der Waals surface area contributed by atoms with Gasteiger partial charge in [0.15, 0.2) is 0 Å². The Bertz CT molecular complexity index is 705. The van der Waals surface area contributed by atoms with E-state index in [2.05, 4.69) is 10.3 Å². The molecule has 1 aromatic carbocycles. The number of rotatable bonds is 1. The lowest BCUT2D eigenvalue weighted by atomic mass is 10.2. The Morgan fingerprint density at radius 3 is 2.55 bits per heavy atom. The minimum Gasteiger partial charge on any atom is -0.361 e. The van der Waals surface area contributed by atoms with E-state index in [1.165, 1.54) is 25.2 Å². The Morgan fingerprint density at radius 1 is 1.35 bits per heavy atom. The van der Waals surface area contributed by atoms with Crippen LogP contribution in [0.2, 0.25) is 0 Å². The second-order valence-electron chi connectivity index (χ2n) is 4.01. The van der Waals surface area contributed by atoms with E-state index in [-0.39, 0.29) is 16.7 Å². The number of carbonyl (C=O) groups excluding carboxylic acids is 2. The van der Waals surface area contributed by atoms with Crippen molar-refractivity contribution in [2.24, 2.45) is 12.8 Å². The third kappa shape index (κ3) is 2.42. The molecule has 2 amide bonds. The maximum Gasteiger partial charge on any atom is 0.449 e. The summed E-state index contributed by atoms with van der Waals surface area (Å²) in [6.07, 6.45) is -4.58. The number of halogens is 3. The number of benzene rings is 1. The van der Waals surface area contributed by atoms with E-state index >= 15 is 0 Å². The molecule has 20 heavy (non-hydrogen) atoms. The van der Waals surface area contributed by atoms with E-state index in [9.17, 15) is 22.8 Å². The van der Waals surface area contributed by atoms with Crippen LogP contribution >= 0.6 is 0 Å². The lowest BCUT2D eigenvalue weighted by Crippen LogP contribution is -2.29. The normalized spacial score (nSPS) is 11.6. The summed E-state index contributed by atoms with van der Waals surface area (Å²) < 4.78 is 39.0. The van der Waals surface area contributed by atoms with E-state index in [0.29, 0.717) is 0 Å². The quantitative estimate of drug-likeness (QED) is 0.767. The number of hydrogen-bond donors (Lipinski definition) is 2. The van der Waals surface area contributed by atoms with Crippen molar-refractivity contribution < 1.29 is 22.8 Å². The van der Waals surface area contributed by atoms with Crippen molar-refractivity contribution in [2.45, 2.75) is 6.18 Å². The zero-order valence-corrected chi connectivity index (χ0v) is 10.2. The predicted molar refractivity (Wildman–Crippen MR) is 63.5 cm³/mol. The topological polar surface area (TPSA) is 90.0 Å². The summed E-state index contributed by atoms with van der Waals surface area (Å²) in [4.78, 5) is 25.2. The molecular formula is C11H9F3N4O2. The van der Waals surface area contributed by atoms with Gasteiger partial charge in [-0.2, -0.15) is 13.2 Å². The molecular weight excluding hydrogens is 277 g/mol. The first kappa shape index (κ1) is 13.8. The second kappa shape index (κ2) is 4.51. The molecule has 2 rings (SSSR count). The second-order valence-corrected chi connectivity index (χ2v) is 4.01. The summed E-state index contributed by atoms with van der Waals surface area (Å²) in [6.45, 7) is 0. The van der Waals surface area contributed by atoms with Crippen LogP contribution in [0.25, 0.3) is 11.0 Å². The summed E-state index contributed by atoms with van der Waals surface area (Å²) in [7, 11) is 1.24. The summed E-state index contributed by atoms with van der Waals surface area (Å²) in [5.74, 6) is -3.30. The van der Waals surface area contributed by atoms with E-state index < -0.39 is 23.8 Å². The molecule has 0 atom stereocenters. The number of aromatic nitrogens is 2. The lowest BCUT2D eigenvalue weighted by Gasteiger charge is -2.05. The van der Waals surface area contributed by atoms with Crippen LogP contribution in [0.4, 0.5) is 18.9 Å². The molecule has 0 aliphatic rings. The largest absolute Gasteiger partial charge is 0.449 e. The molecule has 0 saturated carbocycles. The Balaban J connectivity index is 2.45. The van der Waals surface area contributed by atoms with Crippen LogP contribution in [0.15, 0.2) is 18.2 Å². The van der Waals surface area contributed by atoms with Crippen molar-refractivity contribution >= 4 is 28.5 Å². The molecule has 0 saturated heterocycles. The van der Waals surface area contributed by atoms with Crippen molar-refractivity contribution in [3.63, 3.8) is 0 Å². The van der Waals surface area contributed by atoms with Crippen molar-refractivity contribution in [1.82, 2.24) is 9.55 Å². The van der Waals surface area contributed by atoms with E-state index in [1.807, 2.05) is 0 Å². The van der Waals surface area contributed by atoms with Gasteiger partial charge in [-0.25, -0.2) is 4.98 Å². The minimum absolute atomic E-state index is 0.0436. The van der Waals surface area contributed by atoms with E-state index in [4.69, 9.17) is 5.73 Å². The van der Waals surface area contributed by atoms with Crippen LogP contribution in [-0.4, -0.2) is 21.4 Å². The smallest absolute Gasteiger partial charge is 0.361 e. The van der Waals surface area contributed by atoms with Crippen molar-refractivity contribution in [1.29, 1.82) is 0 Å². The number of aryl methyl sites for hydroxylation is 1. The average Bonchev–Trinajstić information content (AvgIpc) is 2.66. The van der Waals surface area contributed by atoms with Gasteiger partial charge in [0.25, 0.3) is 0 Å². The molecule has 0 aliphatic carbocycles. The minimum atomic E-state index is -4.58. The Morgan fingerprint density at radius 2 is 2.00 bits per heavy atom. The molecule has 0 radical (unpaired) electrons. The summed E-state index contributed by atoms with van der Waals surface area (Å²) in [5, 5.41) is 2.16. The third-order valence-electron chi connectivity index (χ3n) is 2.62. The molecule has 1 aromatic heterocycles. The number of nitrogens with two attached hydrogens (primary N) is 1. The fourth-order valence-electron chi connectivity index (χ4n) is 1.72. The van der Waals surface area contributed by atoms with Gasteiger partial charge in [0.2, 0.25) is 5.82 Å². The van der Waals surface area contributed by atoms with Crippen LogP contribution < -0.4 is 11.1 Å². The zero-order chi connectivity index (χ0) is 15.1. The molecule has 0 bridgehead atoms. The standard InChI is InChI=1S/C11H9F3N4O2/c1-18-7-3-2-5(16-9(20)8(15)19)4-6(7)17-10(18)11(12,13)14/h2-4H,1H3,(H2,15,19)(H,16,20). The van der Waals surface area contributed by atoms with E-state index in [0.717, 1.165) is 4.57 Å². The van der Waals surface area contributed by atoms with Crippen molar-refractivity contribution in [3.05, 3.63) is 24.0 Å². The highest BCUT2D eigenvalue weighted by molar-refractivity contribution is 6.39. The number of primary amides is 1. The Kier molecular flexibility index (Phi) is 3.12. The molecule has 0 unspecified atom stereocenters.